The van der Waals surface area contributed by atoms with Crippen LogP contribution in [0.3, 0.4) is 0 Å². The van der Waals surface area contributed by atoms with Gasteiger partial charge in [0.05, 0.1) is 10.5 Å². The van der Waals surface area contributed by atoms with Gasteiger partial charge in [0.1, 0.15) is 0 Å². The van der Waals surface area contributed by atoms with E-state index in [9.17, 15) is 9.90 Å². The third-order valence-electron chi connectivity index (χ3n) is 3.67. The molecule has 0 saturated carbocycles. The number of aliphatic hydroxyl groups is 1. The highest BCUT2D eigenvalue weighted by molar-refractivity contribution is 7.14. The van der Waals surface area contributed by atoms with E-state index in [1.807, 2.05) is 6.07 Å². The number of thiophene rings is 1. The second kappa shape index (κ2) is 5.63. The molecular formula is C15H23NO2S. The summed E-state index contributed by atoms with van der Waals surface area (Å²) < 4.78 is 0. The van der Waals surface area contributed by atoms with Crippen LogP contribution >= 0.6 is 11.3 Å². The lowest BCUT2D eigenvalue weighted by atomic mass is 9.87. The lowest BCUT2D eigenvalue weighted by Crippen LogP contribution is -2.37. The number of nitrogens with one attached hydrogen (secondary N) is 1. The topological polar surface area (TPSA) is 49.3 Å². The fourth-order valence-corrected chi connectivity index (χ4v) is 3.57. The zero-order chi connectivity index (χ0) is 14.0. The highest BCUT2D eigenvalue weighted by atomic mass is 32.1. The average Bonchev–Trinajstić information content (AvgIpc) is 2.77. The molecular weight excluding hydrogens is 258 g/mol. The van der Waals surface area contributed by atoms with Crippen LogP contribution in [0.5, 0.6) is 0 Å². The molecule has 0 spiro atoms. The van der Waals surface area contributed by atoms with Gasteiger partial charge in [-0.25, -0.2) is 0 Å². The van der Waals surface area contributed by atoms with Gasteiger partial charge in [-0.1, -0.05) is 13.3 Å². The Morgan fingerprint density at radius 2 is 2.32 bits per heavy atom. The van der Waals surface area contributed by atoms with Crippen LogP contribution in [-0.2, 0) is 12.8 Å². The lowest BCUT2D eigenvalue weighted by Gasteiger charge is -2.19. The minimum atomic E-state index is -0.861. The molecule has 106 valence electrons. The van der Waals surface area contributed by atoms with Crippen molar-refractivity contribution < 1.29 is 9.90 Å². The van der Waals surface area contributed by atoms with E-state index < -0.39 is 5.60 Å². The van der Waals surface area contributed by atoms with E-state index in [1.54, 1.807) is 25.2 Å². The molecule has 1 amide bonds. The zero-order valence-electron chi connectivity index (χ0n) is 12.0. The summed E-state index contributed by atoms with van der Waals surface area (Å²) in [6, 6.07) is 2.04. The number of carbonyl (C=O) groups excluding carboxylic acids is 1. The molecule has 1 aromatic heterocycles. The van der Waals surface area contributed by atoms with Gasteiger partial charge in [-0.05, 0) is 50.7 Å². The van der Waals surface area contributed by atoms with Crippen molar-refractivity contribution >= 4 is 17.2 Å². The van der Waals surface area contributed by atoms with E-state index in [2.05, 4.69) is 12.2 Å². The highest BCUT2D eigenvalue weighted by Gasteiger charge is 2.22. The van der Waals surface area contributed by atoms with Crippen molar-refractivity contribution in [2.45, 2.75) is 52.1 Å². The fourth-order valence-electron chi connectivity index (χ4n) is 2.44. The Balaban J connectivity index is 2.03. The Bertz CT molecular complexity index is 459. The highest BCUT2D eigenvalue weighted by Crippen LogP contribution is 2.33. The minimum absolute atomic E-state index is 0.0606. The fraction of sp³-hybridized carbons (Fsp3) is 0.667. The smallest absolute Gasteiger partial charge is 0.261 e. The van der Waals surface area contributed by atoms with Crippen LogP contribution in [0.4, 0.5) is 0 Å². The summed E-state index contributed by atoms with van der Waals surface area (Å²) in [5.74, 6) is 0.712. The number of aryl methyl sites for hydroxylation is 1. The third kappa shape index (κ3) is 3.80. The first kappa shape index (κ1) is 14.5. The molecule has 1 aliphatic rings. The molecule has 1 aliphatic carbocycles. The Morgan fingerprint density at radius 1 is 1.58 bits per heavy atom. The molecule has 0 bridgehead atoms. The molecule has 0 radical (unpaired) electrons. The summed E-state index contributed by atoms with van der Waals surface area (Å²) in [7, 11) is 0. The molecule has 0 fully saturated rings. The molecule has 19 heavy (non-hydrogen) atoms. The van der Waals surface area contributed by atoms with Crippen LogP contribution in [-0.4, -0.2) is 23.2 Å². The normalized spacial score (nSPS) is 19.1. The third-order valence-corrected chi connectivity index (χ3v) is 4.90. The SMILES string of the molecule is CCC1CCc2sc(C(=O)NCC(C)(C)O)cc2C1. The molecule has 1 aromatic rings. The van der Waals surface area contributed by atoms with Crippen molar-refractivity contribution in [1.82, 2.24) is 5.32 Å². The lowest BCUT2D eigenvalue weighted by molar-refractivity contribution is 0.0696. The molecule has 4 heteroatoms. The van der Waals surface area contributed by atoms with Crippen LogP contribution < -0.4 is 5.32 Å². The van der Waals surface area contributed by atoms with E-state index in [1.165, 1.54) is 23.3 Å². The maximum absolute atomic E-state index is 12.0. The summed E-state index contributed by atoms with van der Waals surface area (Å²) >= 11 is 1.61. The van der Waals surface area contributed by atoms with Crippen LogP contribution in [0.25, 0.3) is 0 Å². The van der Waals surface area contributed by atoms with Gasteiger partial charge in [-0.15, -0.1) is 11.3 Å². The van der Waals surface area contributed by atoms with Crippen molar-refractivity contribution in [2.75, 3.05) is 6.54 Å². The van der Waals surface area contributed by atoms with Crippen molar-refractivity contribution in [3.05, 3.63) is 21.4 Å². The Kier molecular flexibility index (Phi) is 4.31. The number of carbonyl (C=O) groups is 1. The second-order valence-electron chi connectivity index (χ2n) is 6.07. The van der Waals surface area contributed by atoms with Gasteiger partial charge in [0.25, 0.3) is 5.91 Å². The molecule has 1 heterocycles. The monoisotopic (exact) mass is 281 g/mol. The number of hydrogen-bond donors (Lipinski definition) is 2. The van der Waals surface area contributed by atoms with E-state index in [-0.39, 0.29) is 12.5 Å². The number of rotatable bonds is 4. The Morgan fingerprint density at radius 3 is 2.95 bits per heavy atom. The van der Waals surface area contributed by atoms with Gasteiger partial charge >= 0.3 is 0 Å². The zero-order valence-corrected chi connectivity index (χ0v) is 12.8. The second-order valence-corrected chi connectivity index (χ2v) is 7.21. The predicted molar refractivity (Wildman–Crippen MR) is 78.8 cm³/mol. The summed E-state index contributed by atoms with van der Waals surface area (Å²) in [5, 5.41) is 12.4. The molecule has 0 saturated heterocycles. The van der Waals surface area contributed by atoms with Crippen LogP contribution in [0.2, 0.25) is 0 Å². The van der Waals surface area contributed by atoms with Crippen LogP contribution in [0, 0.1) is 5.92 Å². The van der Waals surface area contributed by atoms with Gasteiger partial charge in [0.15, 0.2) is 0 Å². The van der Waals surface area contributed by atoms with Crippen molar-refractivity contribution in [3.8, 4) is 0 Å². The maximum atomic E-state index is 12.0. The standard InChI is InChI=1S/C15H23NO2S/c1-4-10-5-6-12-11(7-10)8-13(19-12)14(17)16-9-15(2,3)18/h8,10,18H,4-7,9H2,1-3H3,(H,16,17). The molecule has 1 unspecified atom stereocenters. The molecule has 3 nitrogen and oxygen atoms in total. The van der Waals surface area contributed by atoms with E-state index in [4.69, 9.17) is 0 Å². The summed E-state index contributed by atoms with van der Waals surface area (Å²) in [5.41, 5.74) is 0.497. The van der Waals surface area contributed by atoms with Crippen molar-refractivity contribution in [1.29, 1.82) is 0 Å². The predicted octanol–water partition coefficient (Wildman–Crippen LogP) is 2.76. The average molecular weight is 281 g/mol. The summed E-state index contributed by atoms with van der Waals surface area (Å²) in [4.78, 5) is 14.2. The van der Waals surface area contributed by atoms with Crippen molar-refractivity contribution in [3.63, 3.8) is 0 Å². The largest absolute Gasteiger partial charge is 0.389 e. The first-order chi connectivity index (χ1) is 8.89. The molecule has 1 atom stereocenters. The van der Waals surface area contributed by atoms with E-state index >= 15 is 0 Å². The van der Waals surface area contributed by atoms with Gasteiger partial charge in [0.2, 0.25) is 0 Å². The minimum Gasteiger partial charge on any atom is -0.389 e. The Labute approximate surface area is 119 Å². The Hall–Kier alpha value is -0.870. The number of amides is 1. The molecule has 0 aliphatic heterocycles. The number of hydrogen-bond acceptors (Lipinski definition) is 3. The van der Waals surface area contributed by atoms with Crippen LogP contribution in [0.15, 0.2) is 6.07 Å². The first-order valence-corrected chi connectivity index (χ1v) is 7.83. The van der Waals surface area contributed by atoms with E-state index in [0.29, 0.717) is 0 Å². The summed E-state index contributed by atoms with van der Waals surface area (Å²) in [6.07, 6.45) is 4.68. The van der Waals surface area contributed by atoms with Crippen LogP contribution in [0.1, 0.15) is 53.7 Å². The summed E-state index contributed by atoms with van der Waals surface area (Å²) in [6.45, 7) is 5.90. The number of fused-ring (bicyclic) bond motifs is 1. The molecule has 0 aromatic carbocycles. The van der Waals surface area contributed by atoms with E-state index in [0.717, 1.165) is 23.6 Å². The van der Waals surface area contributed by atoms with Gasteiger partial charge in [-0.3, -0.25) is 4.79 Å². The van der Waals surface area contributed by atoms with Crippen molar-refractivity contribution in [2.24, 2.45) is 5.92 Å². The first-order valence-electron chi connectivity index (χ1n) is 7.01. The molecule has 2 rings (SSSR count). The van der Waals surface area contributed by atoms with Gasteiger partial charge in [0, 0.05) is 11.4 Å². The molecule has 2 N–H and O–H groups in total. The van der Waals surface area contributed by atoms with Gasteiger partial charge in [-0.2, -0.15) is 0 Å². The quantitative estimate of drug-likeness (QED) is 0.891. The maximum Gasteiger partial charge on any atom is 0.261 e. The van der Waals surface area contributed by atoms with Gasteiger partial charge < -0.3 is 10.4 Å².